The summed E-state index contributed by atoms with van der Waals surface area (Å²) >= 11 is 1.71. The molecule has 2 aliphatic rings. The van der Waals surface area contributed by atoms with E-state index in [2.05, 4.69) is 4.90 Å². The fourth-order valence-electron chi connectivity index (χ4n) is 3.56. The summed E-state index contributed by atoms with van der Waals surface area (Å²) in [4.78, 5) is 26.7. The smallest absolute Gasteiger partial charge is 0.423 e. The van der Waals surface area contributed by atoms with E-state index >= 15 is 0 Å². The standard InChI is InChI=1S/C22H19NO6S/c24-21-22(25)29-20-15-13-19(30-12-9-23-7-10-26-11-8-23)14-3-1-2-4-16(14)27-17(15)5-6-18(20)28-21/h1-6,13H,7-12H2. The van der Waals surface area contributed by atoms with Crippen LogP contribution in [0, 0.1) is 0 Å². The SMILES string of the molecule is O=c1oc2ccc3c(c2oc1=O)C=C(SCCN1CCOCC1)c1ccccc1O3. The lowest BCUT2D eigenvalue weighted by Crippen LogP contribution is -2.37. The molecule has 30 heavy (non-hydrogen) atoms. The summed E-state index contributed by atoms with van der Waals surface area (Å²) in [6, 6.07) is 11.1. The van der Waals surface area contributed by atoms with E-state index in [9.17, 15) is 9.59 Å². The maximum Gasteiger partial charge on any atom is 0.423 e. The molecule has 1 aromatic heterocycles. The van der Waals surface area contributed by atoms with Gasteiger partial charge in [-0.15, -0.1) is 11.8 Å². The molecule has 154 valence electrons. The fourth-order valence-corrected chi connectivity index (χ4v) is 4.66. The first-order chi connectivity index (χ1) is 14.7. The van der Waals surface area contributed by atoms with Gasteiger partial charge >= 0.3 is 11.3 Å². The van der Waals surface area contributed by atoms with Gasteiger partial charge in [-0.1, -0.05) is 18.2 Å². The Kier molecular flexibility index (Phi) is 5.20. The molecule has 5 rings (SSSR count). The topological polar surface area (TPSA) is 82.1 Å². The third kappa shape index (κ3) is 3.69. The molecule has 0 bridgehead atoms. The Balaban J connectivity index is 1.55. The van der Waals surface area contributed by atoms with Gasteiger partial charge in [0.05, 0.1) is 18.8 Å². The molecule has 1 fully saturated rings. The summed E-state index contributed by atoms with van der Waals surface area (Å²) in [7, 11) is 0. The lowest BCUT2D eigenvalue weighted by molar-refractivity contribution is 0.0410. The molecule has 2 aromatic carbocycles. The van der Waals surface area contributed by atoms with Gasteiger partial charge in [0.1, 0.15) is 11.5 Å². The molecule has 8 heteroatoms. The van der Waals surface area contributed by atoms with E-state index in [1.165, 1.54) is 0 Å². The molecule has 0 unspecified atom stereocenters. The highest BCUT2D eigenvalue weighted by Gasteiger charge is 2.21. The van der Waals surface area contributed by atoms with Crippen LogP contribution in [-0.4, -0.2) is 43.5 Å². The number of thioether (sulfide) groups is 1. The minimum atomic E-state index is -1.03. The number of hydrogen-bond donors (Lipinski definition) is 0. The minimum absolute atomic E-state index is 0.205. The van der Waals surface area contributed by atoms with Crippen molar-refractivity contribution >= 4 is 33.9 Å². The van der Waals surface area contributed by atoms with Crippen LogP contribution in [0.4, 0.5) is 0 Å². The van der Waals surface area contributed by atoms with Crippen LogP contribution in [0.25, 0.3) is 22.1 Å². The monoisotopic (exact) mass is 425 g/mol. The summed E-state index contributed by atoms with van der Waals surface area (Å²) in [6.45, 7) is 4.37. The normalized spacial score (nSPS) is 16.3. The predicted molar refractivity (Wildman–Crippen MR) is 115 cm³/mol. The van der Waals surface area contributed by atoms with Crippen molar-refractivity contribution < 1.29 is 18.3 Å². The van der Waals surface area contributed by atoms with E-state index in [0.29, 0.717) is 11.3 Å². The van der Waals surface area contributed by atoms with Crippen LogP contribution < -0.4 is 16.0 Å². The molecule has 0 aliphatic carbocycles. The zero-order chi connectivity index (χ0) is 20.5. The van der Waals surface area contributed by atoms with Crippen molar-refractivity contribution in [2.24, 2.45) is 0 Å². The number of nitrogens with zero attached hydrogens (tertiary/aromatic N) is 1. The van der Waals surface area contributed by atoms with Crippen molar-refractivity contribution in [3.63, 3.8) is 0 Å². The van der Waals surface area contributed by atoms with E-state index < -0.39 is 11.3 Å². The average molecular weight is 425 g/mol. The number of hydrogen-bond acceptors (Lipinski definition) is 8. The first-order valence-electron chi connectivity index (χ1n) is 9.72. The third-order valence-electron chi connectivity index (χ3n) is 5.10. The van der Waals surface area contributed by atoms with Gasteiger partial charge in [0.15, 0.2) is 11.2 Å². The molecular formula is C22H19NO6S. The lowest BCUT2D eigenvalue weighted by atomic mass is 10.1. The quantitative estimate of drug-likeness (QED) is 0.588. The molecule has 0 atom stereocenters. The van der Waals surface area contributed by atoms with Crippen LogP contribution in [0.1, 0.15) is 11.1 Å². The van der Waals surface area contributed by atoms with Crippen LogP contribution in [0.5, 0.6) is 11.5 Å². The van der Waals surface area contributed by atoms with Gasteiger partial charge in [-0.2, -0.15) is 0 Å². The number of para-hydroxylation sites is 1. The van der Waals surface area contributed by atoms with Crippen LogP contribution in [0.2, 0.25) is 0 Å². The van der Waals surface area contributed by atoms with E-state index in [4.69, 9.17) is 18.3 Å². The third-order valence-corrected chi connectivity index (χ3v) is 6.14. The second kappa shape index (κ2) is 8.14. The Morgan fingerprint density at radius 1 is 0.933 bits per heavy atom. The van der Waals surface area contributed by atoms with Crippen LogP contribution >= 0.6 is 11.8 Å². The van der Waals surface area contributed by atoms with Crippen molar-refractivity contribution in [2.75, 3.05) is 38.6 Å². The summed E-state index contributed by atoms with van der Waals surface area (Å²) in [5.41, 5.74) is -0.0954. The van der Waals surface area contributed by atoms with Gasteiger partial charge in [-0.3, -0.25) is 4.90 Å². The number of benzene rings is 2. The number of ether oxygens (including phenoxy) is 2. The highest BCUT2D eigenvalue weighted by Crippen LogP contribution is 2.44. The average Bonchev–Trinajstić information content (AvgIpc) is 2.92. The molecule has 3 heterocycles. The van der Waals surface area contributed by atoms with Crippen molar-refractivity contribution in [1.82, 2.24) is 4.90 Å². The van der Waals surface area contributed by atoms with E-state index in [-0.39, 0.29) is 11.2 Å². The van der Waals surface area contributed by atoms with Gasteiger partial charge in [0.25, 0.3) is 0 Å². The van der Waals surface area contributed by atoms with E-state index in [1.807, 2.05) is 30.3 Å². The first-order valence-corrected chi connectivity index (χ1v) is 10.7. The summed E-state index contributed by atoms with van der Waals surface area (Å²) in [6.07, 6.45) is 1.94. The van der Waals surface area contributed by atoms with Crippen LogP contribution in [0.3, 0.4) is 0 Å². The van der Waals surface area contributed by atoms with Crippen LogP contribution in [0.15, 0.2) is 54.8 Å². The first kappa shape index (κ1) is 19.2. The van der Waals surface area contributed by atoms with Crippen molar-refractivity contribution in [2.45, 2.75) is 0 Å². The second-order valence-electron chi connectivity index (χ2n) is 6.99. The highest BCUT2D eigenvalue weighted by molar-refractivity contribution is 8.08. The Labute approximate surface area is 175 Å². The summed E-state index contributed by atoms with van der Waals surface area (Å²) in [5, 5.41) is 0. The zero-order valence-electron chi connectivity index (χ0n) is 16.1. The zero-order valence-corrected chi connectivity index (χ0v) is 16.9. The number of morpholine rings is 1. The van der Waals surface area contributed by atoms with Gasteiger partial charge < -0.3 is 18.3 Å². The van der Waals surface area contributed by atoms with Gasteiger partial charge in [0, 0.05) is 35.9 Å². The maximum atomic E-state index is 11.8. The molecule has 0 spiro atoms. The predicted octanol–water partition coefficient (Wildman–Crippen LogP) is 3.42. The van der Waals surface area contributed by atoms with Crippen molar-refractivity contribution in [1.29, 1.82) is 0 Å². The Hall–Kier alpha value is -2.81. The Morgan fingerprint density at radius 2 is 1.73 bits per heavy atom. The second-order valence-corrected chi connectivity index (χ2v) is 8.13. The summed E-state index contributed by atoms with van der Waals surface area (Å²) in [5.74, 6) is 2.15. The van der Waals surface area contributed by atoms with E-state index in [1.54, 1.807) is 23.9 Å². The van der Waals surface area contributed by atoms with Gasteiger partial charge in [-0.05, 0) is 24.3 Å². The van der Waals surface area contributed by atoms with Gasteiger partial charge in [0.2, 0.25) is 0 Å². The molecule has 2 aliphatic heterocycles. The van der Waals surface area contributed by atoms with Crippen LogP contribution in [-0.2, 0) is 4.74 Å². The largest absolute Gasteiger partial charge is 0.456 e. The highest BCUT2D eigenvalue weighted by atomic mass is 32.2. The minimum Gasteiger partial charge on any atom is -0.456 e. The Bertz CT molecular complexity index is 1240. The molecule has 3 aromatic rings. The summed E-state index contributed by atoms with van der Waals surface area (Å²) < 4.78 is 21.9. The molecule has 0 amide bonds. The van der Waals surface area contributed by atoms with Crippen molar-refractivity contribution in [3.05, 3.63) is 68.4 Å². The van der Waals surface area contributed by atoms with E-state index in [0.717, 1.165) is 54.8 Å². The van der Waals surface area contributed by atoms with Gasteiger partial charge in [-0.25, -0.2) is 9.59 Å². The molecule has 0 saturated carbocycles. The Morgan fingerprint density at radius 3 is 2.60 bits per heavy atom. The number of rotatable bonds is 4. The molecule has 0 N–H and O–H groups in total. The lowest BCUT2D eigenvalue weighted by Gasteiger charge is -2.26. The van der Waals surface area contributed by atoms with Crippen molar-refractivity contribution in [3.8, 4) is 11.5 Å². The number of fused-ring (bicyclic) bond motifs is 4. The molecule has 1 saturated heterocycles. The molecule has 7 nitrogen and oxygen atoms in total. The molecule has 0 radical (unpaired) electrons. The molecular weight excluding hydrogens is 406 g/mol. The fraction of sp³-hybridized carbons (Fsp3) is 0.273. The maximum absolute atomic E-state index is 11.8.